The van der Waals surface area contributed by atoms with E-state index in [9.17, 15) is 14.8 Å². The molecule has 4 atom stereocenters. The van der Waals surface area contributed by atoms with Crippen molar-refractivity contribution >= 4 is 43.3 Å². The SMILES string of the molecule is CN1CC2CCC(C1)N2C1CN(c2ncc3c4c(c(-c5ncc(F)c6sc(N)c(C#N)c56)c(F)c3n2)COC4)CC1O. The number of fused-ring (bicyclic) bond motifs is 6. The average molecular weight is 591 g/mol. The molecule has 0 aliphatic carbocycles. The lowest BCUT2D eigenvalue weighted by Gasteiger charge is -2.43. The van der Waals surface area contributed by atoms with Gasteiger partial charge in [0.15, 0.2) is 11.6 Å². The first-order valence-electron chi connectivity index (χ1n) is 14.1. The lowest BCUT2D eigenvalue weighted by Crippen LogP contribution is -2.59. The van der Waals surface area contributed by atoms with Crippen LogP contribution in [0.1, 0.15) is 29.5 Å². The number of nitriles is 1. The Morgan fingerprint density at radius 1 is 1.10 bits per heavy atom. The maximum atomic E-state index is 16.7. The summed E-state index contributed by atoms with van der Waals surface area (Å²) in [7, 11) is 2.15. The van der Waals surface area contributed by atoms with Gasteiger partial charge in [-0.1, -0.05) is 0 Å². The molecule has 4 aromatic rings. The van der Waals surface area contributed by atoms with Crippen LogP contribution in [-0.2, 0) is 18.0 Å². The summed E-state index contributed by atoms with van der Waals surface area (Å²) < 4.78 is 37.3. The molecule has 0 radical (unpaired) electrons. The van der Waals surface area contributed by atoms with Crippen LogP contribution in [0.15, 0.2) is 12.4 Å². The molecule has 0 saturated carbocycles. The van der Waals surface area contributed by atoms with Crippen molar-refractivity contribution in [2.45, 2.75) is 50.3 Å². The van der Waals surface area contributed by atoms with E-state index in [4.69, 9.17) is 15.5 Å². The number of anilines is 2. The van der Waals surface area contributed by atoms with Gasteiger partial charge in [-0.25, -0.2) is 18.7 Å². The number of aliphatic hydroxyl groups excluding tert-OH is 1. The minimum absolute atomic E-state index is 0.0468. The van der Waals surface area contributed by atoms with Crippen molar-refractivity contribution in [2.24, 2.45) is 0 Å². The number of ether oxygens (including phenoxy) is 1. The lowest BCUT2D eigenvalue weighted by atomic mass is 9.94. The van der Waals surface area contributed by atoms with Crippen LogP contribution < -0.4 is 10.6 Å². The largest absolute Gasteiger partial charge is 0.390 e. The Kier molecular flexibility index (Phi) is 5.90. The number of β-amino-alcohol motifs (C(OH)–C–C–N with tert-alkyl or cyclic N) is 1. The smallest absolute Gasteiger partial charge is 0.226 e. The van der Waals surface area contributed by atoms with Gasteiger partial charge >= 0.3 is 0 Å². The summed E-state index contributed by atoms with van der Waals surface area (Å²) in [6, 6.07) is 2.82. The Balaban J connectivity index is 1.23. The summed E-state index contributed by atoms with van der Waals surface area (Å²) >= 11 is 0.942. The molecule has 3 fully saturated rings. The van der Waals surface area contributed by atoms with Crippen LogP contribution in [0.5, 0.6) is 0 Å². The molecular weight excluding hydrogens is 562 g/mol. The fourth-order valence-corrected chi connectivity index (χ4v) is 8.53. The minimum atomic E-state index is -0.639. The number of aromatic nitrogens is 3. The molecule has 4 aliphatic rings. The number of pyridine rings is 1. The highest BCUT2D eigenvalue weighted by Gasteiger charge is 2.47. The number of hydrogen-bond acceptors (Lipinski definition) is 11. The summed E-state index contributed by atoms with van der Waals surface area (Å²) in [4.78, 5) is 20.4. The molecule has 2 bridgehead atoms. The van der Waals surface area contributed by atoms with Gasteiger partial charge in [0, 0.05) is 60.8 Å². The van der Waals surface area contributed by atoms with E-state index in [0.717, 1.165) is 49.0 Å². The molecule has 4 unspecified atom stereocenters. The van der Waals surface area contributed by atoms with Gasteiger partial charge in [0.05, 0.1) is 47.5 Å². The predicted octanol–water partition coefficient (Wildman–Crippen LogP) is 3.00. The van der Waals surface area contributed by atoms with Crippen LogP contribution in [0.2, 0.25) is 0 Å². The van der Waals surface area contributed by atoms with Gasteiger partial charge < -0.3 is 25.4 Å². The number of hydrogen-bond donors (Lipinski definition) is 2. The van der Waals surface area contributed by atoms with Gasteiger partial charge in [0.2, 0.25) is 5.95 Å². The number of nitrogens with zero attached hydrogens (tertiary/aromatic N) is 7. The van der Waals surface area contributed by atoms with Gasteiger partial charge in [-0.3, -0.25) is 9.88 Å². The first-order chi connectivity index (χ1) is 20.3. The molecule has 42 heavy (non-hydrogen) atoms. The molecule has 13 heteroatoms. The maximum Gasteiger partial charge on any atom is 0.226 e. The van der Waals surface area contributed by atoms with E-state index >= 15 is 4.39 Å². The van der Waals surface area contributed by atoms with Crippen LogP contribution in [0.4, 0.5) is 19.7 Å². The zero-order chi connectivity index (χ0) is 28.9. The first kappa shape index (κ1) is 26.1. The fraction of sp³-hybridized carbons (Fsp3) is 0.448. The number of benzene rings is 1. The van der Waals surface area contributed by atoms with Gasteiger partial charge in [0.1, 0.15) is 16.6 Å². The number of nitrogens with two attached hydrogens (primary N) is 1. The molecule has 216 valence electrons. The molecule has 8 rings (SSSR count). The second kappa shape index (κ2) is 9.48. The van der Waals surface area contributed by atoms with Crippen molar-refractivity contribution in [3.63, 3.8) is 0 Å². The predicted molar refractivity (Wildman–Crippen MR) is 154 cm³/mol. The Hall–Kier alpha value is -3.54. The molecule has 10 nitrogen and oxygen atoms in total. The van der Waals surface area contributed by atoms with Crippen molar-refractivity contribution in [2.75, 3.05) is 43.9 Å². The summed E-state index contributed by atoms with van der Waals surface area (Å²) in [6.07, 6.45) is 4.33. The Labute approximate surface area is 243 Å². The number of piperazine rings is 1. The van der Waals surface area contributed by atoms with E-state index in [1.165, 1.54) is 0 Å². The molecule has 7 heterocycles. The van der Waals surface area contributed by atoms with Crippen LogP contribution in [0.25, 0.3) is 32.2 Å². The van der Waals surface area contributed by atoms with E-state index < -0.39 is 17.7 Å². The van der Waals surface area contributed by atoms with Crippen LogP contribution in [-0.4, -0.2) is 87.3 Å². The second-order valence-corrected chi connectivity index (χ2v) is 12.8. The number of likely N-dealkylation sites (N-methyl/N-ethyl adjacent to an activating group) is 1. The molecule has 0 amide bonds. The zero-order valence-electron chi connectivity index (χ0n) is 22.8. The highest BCUT2D eigenvalue weighted by atomic mass is 32.1. The topological polar surface area (TPSA) is 128 Å². The number of aliphatic hydroxyl groups is 1. The Morgan fingerprint density at radius 3 is 2.62 bits per heavy atom. The zero-order valence-corrected chi connectivity index (χ0v) is 23.7. The van der Waals surface area contributed by atoms with Crippen molar-refractivity contribution < 1.29 is 18.6 Å². The van der Waals surface area contributed by atoms with Crippen molar-refractivity contribution in [1.82, 2.24) is 24.8 Å². The van der Waals surface area contributed by atoms with E-state index in [0.29, 0.717) is 42.1 Å². The Morgan fingerprint density at radius 2 is 1.86 bits per heavy atom. The summed E-state index contributed by atoms with van der Waals surface area (Å²) in [6.45, 7) is 3.24. The molecule has 0 spiro atoms. The molecule has 4 aliphatic heterocycles. The number of likely N-dealkylation sites (tertiary alicyclic amines) is 1. The van der Waals surface area contributed by atoms with Gasteiger partial charge in [-0.15, -0.1) is 11.3 Å². The molecular formula is C29H28F2N8O2S. The van der Waals surface area contributed by atoms with E-state index in [1.54, 1.807) is 6.20 Å². The summed E-state index contributed by atoms with van der Waals surface area (Å²) in [5.41, 5.74) is 7.80. The van der Waals surface area contributed by atoms with Gasteiger partial charge in [0.25, 0.3) is 0 Å². The van der Waals surface area contributed by atoms with E-state index in [-0.39, 0.29) is 56.7 Å². The van der Waals surface area contributed by atoms with Crippen LogP contribution in [0.3, 0.4) is 0 Å². The third-order valence-electron chi connectivity index (χ3n) is 9.38. The molecule has 3 aromatic heterocycles. The molecule has 3 N–H and O–H groups in total. The first-order valence-corrected chi connectivity index (χ1v) is 14.9. The van der Waals surface area contributed by atoms with Crippen molar-refractivity contribution in [1.29, 1.82) is 5.26 Å². The van der Waals surface area contributed by atoms with E-state index in [1.807, 2.05) is 11.0 Å². The van der Waals surface area contributed by atoms with E-state index in [2.05, 4.69) is 26.8 Å². The number of halogens is 2. The minimum Gasteiger partial charge on any atom is -0.390 e. The quantitative estimate of drug-likeness (QED) is 0.368. The second-order valence-electron chi connectivity index (χ2n) is 11.8. The standard InChI is InChI=1S/C29H28F2N8O2S/c1-37-7-13-2-3-14(8-37)39(13)20-9-38(10-21(20)40)29-35-5-16-17-11-41-12-18(17)22(24(31)25(16)36-29)26-23-15(4-32)28(33)42-27(23)19(30)6-34-26/h5-6,13-14,20-21,40H,2-3,7-12,33H2,1H3. The third kappa shape index (κ3) is 3.69. The lowest BCUT2D eigenvalue weighted by molar-refractivity contribution is 0.00542. The van der Waals surface area contributed by atoms with Crippen molar-refractivity contribution in [3.05, 3.63) is 40.7 Å². The fourth-order valence-electron chi connectivity index (χ4n) is 7.60. The average Bonchev–Trinajstić information content (AvgIpc) is 3.74. The number of thiophene rings is 1. The summed E-state index contributed by atoms with van der Waals surface area (Å²) in [5.74, 6) is -0.925. The number of rotatable bonds is 3. The summed E-state index contributed by atoms with van der Waals surface area (Å²) in [5, 5.41) is 21.8. The van der Waals surface area contributed by atoms with Crippen LogP contribution in [0, 0.1) is 23.0 Å². The number of nitrogen functional groups attached to an aromatic ring is 1. The van der Waals surface area contributed by atoms with Gasteiger partial charge in [-0.2, -0.15) is 5.26 Å². The van der Waals surface area contributed by atoms with Crippen molar-refractivity contribution in [3.8, 4) is 17.3 Å². The monoisotopic (exact) mass is 590 g/mol. The third-order valence-corrected chi connectivity index (χ3v) is 10.4. The highest BCUT2D eigenvalue weighted by molar-refractivity contribution is 7.23. The van der Waals surface area contributed by atoms with Crippen LogP contribution >= 0.6 is 11.3 Å². The Bertz CT molecular complexity index is 1810. The van der Waals surface area contributed by atoms with Gasteiger partial charge in [-0.05, 0) is 31.0 Å². The highest BCUT2D eigenvalue weighted by Crippen LogP contribution is 2.45. The molecule has 3 saturated heterocycles. The maximum absolute atomic E-state index is 16.7. The normalized spacial score (nSPS) is 26.0. The molecule has 1 aromatic carbocycles.